The highest BCUT2D eigenvalue weighted by Gasteiger charge is 2.21. The van der Waals surface area contributed by atoms with Crippen LogP contribution in [0, 0.1) is 0 Å². The van der Waals surface area contributed by atoms with Crippen molar-refractivity contribution >= 4 is 23.6 Å². The fourth-order valence-corrected chi connectivity index (χ4v) is 2.65. The second-order valence-electron chi connectivity index (χ2n) is 5.34. The molecule has 0 bridgehead atoms. The van der Waals surface area contributed by atoms with Crippen LogP contribution in [0.4, 0.5) is 5.69 Å². The van der Waals surface area contributed by atoms with Gasteiger partial charge in [0, 0.05) is 18.3 Å². The van der Waals surface area contributed by atoms with Gasteiger partial charge in [-0.25, -0.2) is 0 Å². The first kappa shape index (κ1) is 15.1. The molecule has 0 atom stereocenters. The molecule has 0 saturated carbocycles. The number of amides is 2. The lowest BCUT2D eigenvalue weighted by Crippen LogP contribution is -2.42. The van der Waals surface area contributed by atoms with Crippen molar-refractivity contribution in [3.05, 3.63) is 60.1 Å². The molecule has 2 heterocycles. The van der Waals surface area contributed by atoms with Crippen LogP contribution in [0.1, 0.15) is 17.7 Å². The van der Waals surface area contributed by atoms with Gasteiger partial charge >= 0.3 is 0 Å². The van der Waals surface area contributed by atoms with E-state index in [1.807, 2.05) is 24.3 Å². The van der Waals surface area contributed by atoms with Crippen molar-refractivity contribution in [2.45, 2.75) is 12.8 Å². The van der Waals surface area contributed by atoms with Gasteiger partial charge in [0.1, 0.15) is 5.76 Å². The largest absolute Gasteiger partial charge is 0.465 e. The smallest absolute Gasteiger partial charge is 0.246 e. The molecule has 0 saturated heterocycles. The number of carbonyl (C=O) groups excluding carboxylic acids is 2. The van der Waals surface area contributed by atoms with E-state index in [-0.39, 0.29) is 18.4 Å². The SMILES string of the molecule is O=C(/C=C/c1ccco1)NCC(=O)N1CCCc2ccccc21. The predicted octanol–water partition coefficient (Wildman–Crippen LogP) is 2.39. The highest BCUT2D eigenvalue weighted by atomic mass is 16.3. The van der Waals surface area contributed by atoms with Gasteiger partial charge in [0.2, 0.25) is 11.8 Å². The number of anilines is 1. The van der Waals surface area contributed by atoms with E-state index in [2.05, 4.69) is 5.32 Å². The Kier molecular flexibility index (Phi) is 4.57. The number of carbonyl (C=O) groups is 2. The van der Waals surface area contributed by atoms with E-state index in [9.17, 15) is 9.59 Å². The number of hydrogen-bond acceptors (Lipinski definition) is 3. The van der Waals surface area contributed by atoms with Crippen LogP contribution in [-0.4, -0.2) is 24.9 Å². The summed E-state index contributed by atoms with van der Waals surface area (Å²) in [5.41, 5.74) is 2.13. The van der Waals surface area contributed by atoms with E-state index in [0.717, 1.165) is 18.5 Å². The third-order valence-electron chi connectivity index (χ3n) is 3.77. The van der Waals surface area contributed by atoms with Crippen LogP contribution in [0.5, 0.6) is 0 Å². The quantitative estimate of drug-likeness (QED) is 0.882. The van der Waals surface area contributed by atoms with Gasteiger partial charge < -0.3 is 14.6 Å². The maximum atomic E-state index is 12.4. The molecule has 2 amide bonds. The molecular formula is C18H18N2O3. The zero-order valence-electron chi connectivity index (χ0n) is 12.7. The fourth-order valence-electron chi connectivity index (χ4n) is 2.65. The third-order valence-corrected chi connectivity index (χ3v) is 3.77. The lowest BCUT2D eigenvalue weighted by molar-refractivity contribution is -0.122. The van der Waals surface area contributed by atoms with Crippen LogP contribution in [-0.2, 0) is 16.0 Å². The molecular weight excluding hydrogens is 292 g/mol. The zero-order chi connectivity index (χ0) is 16.1. The monoisotopic (exact) mass is 310 g/mol. The molecule has 1 aromatic carbocycles. The molecule has 0 aliphatic carbocycles. The number of nitrogens with one attached hydrogen (secondary N) is 1. The van der Waals surface area contributed by atoms with Crippen LogP contribution in [0.15, 0.2) is 53.2 Å². The van der Waals surface area contributed by atoms with E-state index in [4.69, 9.17) is 4.42 Å². The minimum Gasteiger partial charge on any atom is -0.465 e. The average Bonchev–Trinajstić information content (AvgIpc) is 3.11. The Balaban J connectivity index is 1.57. The second-order valence-corrected chi connectivity index (χ2v) is 5.34. The predicted molar refractivity (Wildman–Crippen MR) is 87.9 cm³/mol. The van der Waals surface area contributed by atoms with E-state index in [1.54, 1.807) is 23.1 Å². The van der Waals surface area contributed by atoms with Crippen molar-refractivity contribution < 1.29 is 14.0 Å². The number of fused-ring (bicyclic) bond motifs is 1. The minimum atomic E-state index is -0.319. The van der Waals surface area contributed by atoms with E-state index < -0.39 is 0 Å². The molecule has 3 rings (SSSR count). The van der Waals surface area contributed by atoms with Crippen LogP contribution in [0.2, 0.25) is 0 Å². The van der Waals surface area contributed by atoms with Crippen LogP contribution >= 0.6 is 0 Å². The molecule has 1 aliphatic heterocycles. The first-order valence-corrected chi connectivity index (χ1v) is 7.62. The number of rotatable bonds is 4. The van der Waals surface area contributed by atoms with Gasteiger partial charge in [0.05, 0.1) is 12.8 Å². The molecule has 0 fully saturated rings. The summed E-state index contributed by atoms with van der Waals surface area (Å²) >= 11 is 0. The van der Waals surface area contributed by atoms with Crippen LogP contribution in [0.3, 0.4) is 0 Å². The van der Waals surface area contributed by atoms with Crippen LogP contribution in [0.25, 0.3) is 6.08 Å². The summed E-state index contributed by atoms with van der Waals surface area (Å²) < 4.78 is 5.10. The first-order valence-electron chi connectivity index (χ1n) is 7.62. The van der Waals surface area contributed by atoms with Gasteiger partial charge in [-0.05, 0) is 42.7 Å². The van der Waals surface area contributed by atoms with Crippen molar-refractivity contribution in [2.24, 2.45) is 0 Å². The average molecular weight is 310 g/mol. The summed E-state index contributed by atoms with van der Waals surface area (Å²) in [6.45, 7) is 0.670. The maximum absolute atomic E-state index is 12.4. The molecule has 0 radical (unpaired) electrons. The van der Waals surface area contributed by atoms with E-state index >= 15 is 0 Å². The lowest BCUT2D eigenvalue weighted by atomic mass is 10.0. The maximum Gasteiger partial charge on any atom is 0.246 e. The summed E-state index contributed by atoms with van der Waals surface area (Å²) in [5, 5.41) is 2.61. The number of furan rings is 1. The molecule has 0 unspecified atom stereocenters. The van der Waals surface area contributed by atoms with E-state index in [0.29, 0.717) is 12.3 Å². The van der Waals surface area contributed by atoms with Crippen molar-refractivity contribution in [3.8, 4) is 0 Å². The summed E-state index contributed by atoms with van der Waals surface area (Å²) in [5.74, 6) is 0.174. The molecule has 5 nitrogen and oxygen atoms in total. The minimum absolute atomic E-state index is 0.0182. The molecule has 5 heteroatoms. The van der Waals surface area contributed by atoms with Gasteiger partial charge in [0.25, 0.3) is 0 Å². The Morgan fingerprint density at radius 3 is 2.91 bits per heavy atom. The van der Waals surface area contributed by atoms with Gasteiger partial charge in [-0.2, -0.15) is 0 Å². The van der Waals surface area contributed by atoms with Crippen LogP contribution < -0.4 is 10.2 Å². The zero-order valence-corrected chi connectivity index (χ0v) is 12.7. The van der Waals surface area contributed by atoms with Crippen molar-refractivity contribution in [1.82, 2.24) is 5.32 Å². The second kappa shape index (κ2) is 6.96. The summed E-state index contributed by atoms with van der Waals surface area (Å²) in [4.78, 5) is 25.9. The van der Waals surface area contributed by atoms with Gasteiger partial charge in [-0.15, -0.1) is 0 Å². The Morgan fingerprint density at radius 1 is 1.22 bits per heavy atom. The van der Waals surface area contributed by atoms with Crippen molar-refractivity contribution in [1.29, 1.82) is 0 Å². The standard InChI is InChI=1S/C18H18N2O3/c21-17(10-9-15-7-4-12-23-15)19-13-18(22)20-11-3-6-14-5-1-2-8-16(14)20/h1-2,4-5,7-10,12H,3,6,11,13H2,(H,19,21)/b10-9+. The molecule has 0 spiro atoms. The highest BCUT2D eigenvalue weighted by Crippen LogP contribution is 2.26. The number of benzene rings is 1. The fraction of sp³-hybridized carbons (Fsp3) is 0.222. The summed E-state index contributed by atoms with van der Waals surface area (Å²) in [7, 11) is 0. The molecule has 1 aliphatic rings. The van der Waals surface area contributed by atoms with E-state index in [1.165, 1.54) is 17.9 Å². The Hall–Kier alpha value is -2.82. The summed E-state index contributed by atoms with van der Waals surface area (Å²) in [6, 6.07) is 11.4. The normalized spacial score (nSPS) is 13.8. The summed E-state index contributed by atoms with van der Waals surface area (Å²) in [6.07, 6.45) is 6.38. The first-order chi connectivity index (χ1) is 11.2. The molecule has 1 N–H and O–H groups in total. The molecule has 23 heavy (non-hydrogen) atoms. The number of hydrogen-bond donors (Lipinski definition) is 1. The number of aryl methyl sites for hydroxylation is 1. The molecule has 1 aromatic heterocycles. The van der Waals surface area contributed by atoms with Crippen molar-refractivity contribution in [3.63, 3.8) is 0 Å². The van der Waals surface area contributed by atoms with Gasteiger partial charge in [-0.3, -0.25) is 9.59 Å². The third kappa shape index (κ3) is 3.69. The molecule has 118 valence electrons. The Bertz CT molecular complexity index is 720. The van der Waals surface area contributed by atoms with Gasteiger partial charge in [0.15, 0.2) is 0 Å². The van der Waals surface area contributed by atoms with Gasteiger partial charge in [-0.1, -0.05) is 18.2 Å². The Morgan fingerprint density at radius 2 is 2.09 bits per heavy atom. The number of nitrogens with zero attached hydrogens (tertiary/aromatic N) is 1. The topological polar surface area (TPSA) is 62.6 Å². The highest BCUT2D eigenvalue weighted by molar-refractivity contribution is 5.99. The lowest BCUT2D eigenvalue weighted by Gasteiger charge is -2.29. The van der Waals surface area contributed by atoms with Crippen molar-refractivity contribution in [2.75, 3.05) is 18.0 Å². The molecule has 2 aromatic rings. The number of para-hydroxylation sites is 1. The Labute approximate surface area is 134 Å².